The predicted octanol–water partition coefficient (Wildman–Crippen LogP) is 3.43. The second-order valence-electron chi connectivity index (χ2n) is 4.51. The first-order valence-electron chi connectivity index (χ1n) is 6.35. The van der Waals surface area contributed by atoms with Gasteiger partial charge in [-0.1, -0.05) is 41.8 Å². The molecule has 0 spiro atoms. The lowest BCUT2D eigenvalue weighted by molar-refractivity contribution is 0.0935. The van der Waals surface area contributed by atoms with E-state index < -0.39 is 0 Å². The van der Waals surface area contributed by atoms with Crippen LogP contribution in [0.25, 0.3) is 0 Å². The summed E-state index contributed by atoms with van der Waals surface area (Å²) in [7, 11) is 0. The number of halogens is 2. The van der Waals surface area contributed by atoms with Crippen LogP contribution in [0, 0.1) is 6.92 Å². The summed E-state index contributed by atoms with van der Waals surface area (Å²) < 4.78 is 0.952. The van der Waals surface area contributed by atoms with Crippen molar-refractivity contribution in [3.8, 4) is 0 Å². The summed E-state index contributed by atoms with van der Waals surface area (Å²) in [4.78, 5) is 12.1. The Labute approximate surface area is 129 Å². The first kappa shape index (κ1) is 18.4. The number of nitrogens with one attached hydrogen (secondary N) is 1. The topological polar surface area (TPSA) is 55.1 Å². The van der Waals surface area contributed by atoms with Gasteiger partial charge in [0.05, 0.1) is 0 Å². The standard InChI is InChI=1S/C14H21BrN2O.ClH/c1-3-4-5-12(9-16)17-14(18)11-7-6-10(2)13(15)8-11;/h6-8,12H,3-5,9,16H2,1-2H3,(H,17,18);1H. The summed E-state index contributed by atoms with van der Waals surface area (Å²) in [5, 5.41) is 2.98. The van der Waals surface area contributed by atoms with Gasteiger partial charge in [-0.15, -0.1) is 12.4 Å². The Bertz CT molecular complexity index is 412. The predicted molar refractivity (Wildman–Crippen MR) is 86.0 cm³/mol. The molecule has 108 valence electrons. The van der Waals surface area contributed by atoms with E-state index in [4.69, 9.17) is 5.73 Å². The van der Waals surface area contributed by atoms with Gasteiger partial charge in [0.2, 0.25) is 0 Å². The second kappa shape index (κ2) is 9.34. The van der Waals surface area contributed by atoms with Crippen LogP contribution < -0.4 is 11.1 Å². The van der Waals surface area contributed by atoms with Gasteiger partial charge in [0.15, 0.2) is 0 Å². The van der Waals surface area contributed by atoms with Crippen molar-refractivity contribution in [2.45, 2.75) is 39.2 Å². The minimum Gasteiger partial charge on any atom is -0.348 e. The SMILES string of the molecule is CCCCC(CN)NC(=O)c1ccc(C)c(Br)c1.Cl. The molecule has 0 radical (unpaired) electrons. The van der Waals surface area contributed by atoms with Crippen LogP contribution in [0.5, 0.6) is 0 Å². The summed E-state index contributed by atoms with van der Waals surface area (Å²) in [6, 6.07) is 5.68. The van der Waals surface area contributed by atoms with Gasteiger partial charge in [-0.3, -0.25) is 4.79 Å². The first-order valence-corrected chi connectivity index (χ1v) is 7.14. The lowest BCUT2D eigenvalue weighted by Gasteiger charge is -2.16. The van der Waals surface area contributed by atoms with Gasteiger partial charge in [0.1, 0.15) is 0 Å². The third-order valence-corrected chi connectivity index (χ3v) is 3.81. The lowest BCUT2D eigenvalue weighted by Crippen LogP contribution is -2.40. The third kappa shape index (κ3) is 5.93. The molecule has 1 atom stereocenters. The Morgan fingerprint density at radius 1 is 1.47 bits per heavy atom. The quantitative estimate of drug-likeness (QED) is 0.826. The maximum atomic E-state index is 12.1. The molecule has 0 aromatic heterocycles. The van der Waals surface area contributed by atoms with E-state index in [0.717, 1.165) is 29.3 Å². The van der Waals surface area contributed by atoms with E-state index in [9.17, 15) is 4.79 Å². The molecule has 19 heavy (non-hydrogen) atoms. The number of amides is 1. The van der Waals surface area contributed by atoms with Crippen LogP contribution in [-0.2, 0) is 0 Å². The molecule has 0 saturated heterocycles. The lowest BCUT2D eigenvalue weighted by atomic mass is 10.1. The highest BCUT2D eigenvalue weighted by Crippen LogP contribution is 2.17. The van der Waals surface area contributed by atoms with Crippen molar-refractivity contribution < 1.29 is 4.79 Å². The van der Waals surface area contributed by atoms with Gasteiger partial charge in [-0.2, -0.15) is 0 Å². The third-order valence-electron chi connectivity index (χ3n) is 2.96. The van der Waals surface area contributed by atoms with Crippen LogP contribution in [0.2, 0.25) is 0 Å². The molecule has 0 fully saturated rings. The average molecular weight is 350 g/mol. The molecule has 0 aliphatic carbocycles. The second-order valence-corrected chi connectivity index (χ2v) is 5.37. The number of carbonyl (C=O) groups is 1. The number of nitrogens with two attached hydrogens (primary N) is 1. The molecule has 3 N–H and O–H groups in total. The monoisotopic (exact) mass is 348 g/mol. The summed E-state index contributed by atoms with van der Waals surface area (Å²) in [6.45, 7) is 4.61. The van der Waals surface area contributed by atoms with Crippen molar-refractivity contribution in [3.63, 3.8) is 0 Å². The molecule has 0 aliphatic heterocycles. The summed E-state index contributed by atoms with van der Waals surface area (Å²) in [5.41, 5.74) is 7.46. The highest BCUT2D eigenvalue weighted by Gasteiger charge is 2.12. The fourth-order valence-electron chi connectivity index (χ4n) is 1.70. The van der Waals surface area contributed by atoms with Crippen molar-refractivity contribution >= 4 is 34.2 Å². The van der Waals surface area contributed by atoms with Crippen LogP contribution in [-0.4, -0.2) is 18.5 Å². The molecule has 1 aromatic carbocycles. The van der Waals surface area contributed by atoms with E-state index in [1.165, 1.54) is 0 Å². The molecular weight excluding hydrogens is 328 g/mol. The number of aryl methyl sites for hydroxylation is 1. The van der Waals surface area contributed by atoms with Crippen molar-refractivity contribution in [2.24, 2.45) is 5.73 Å². The maximum Gasteiger partial charge on any atom is 0.251 e. The molecule has 5 heteroatoms. The molecule has 1 rings (SSSR count). The molecular formula is C14H22BrClN2O. The smallest absolute Gasteiger partial charge is 0.251 e. The van der Waals surface area contributed by atoms with Crippen molar-refractivity contribution in [3.05, 3.63) is 33.8 Å². The fraction of sp³-hybridized carbons (Fsp3) is 0.500. The number of carbonyl (C=O) groups excluding carboxylic acids is 1. The van der Waals surface area contributed by atoms with E-state index in [0.29, 0.717) is 12.1 Å². The minimum atomic E-state index is -0.0535. The summed E-state index contributed by atoms with van der Waals surface area (Å²) >= 11 is 3.43. The van der Waals surface area contributed by atoms with Gasteiger partial charge < -0.3 is 11.1 Å². The van der Waals surface area contributed by atoms with Crippen LogP contribution >= 0.6 is 28.3 Å². The number of rotatable bonds is 6. The Morgan fingerprint density at radius 3 is 2.68 bits per heavy atom. The van der Waals surface area contributed by atoms with Gasteiger partial charge in [-0.25, -0.2) is 0 Å². The van der Waals surface area contributed by atoms with Crippen molar-refractivity contribution in [1.82, 2.24) is 5.32 Å². The van der Waals surface area contributed by atoms with Crippen LogP contribution in [0.4, 0.5) is 0 Å². The normalized spacial score (nSPS) is 11.6. The van der Waals surface area contributed by atoms with Crippen LogP contribution in [0.15, 0.2) is 22.7 Å². The zero-order chi connectivity index (χ0) is 13.5. The number of unbranched alkanes of at least 4 members (excludes halogenated alkanes) is 1. The average Bonchev–Trinajstić information content (AvgIpc) is 2.37. The molecule has 0 heterocycles. The minimum absolute atomic E-state index is 0. The van der Waals surface area contributed by atoms with Gasteiger partial charge in [0, 0.05) is 22.6 Å². The van der Waals surface area contributed by atoms with Crippen LogP contribution in [0.3, 0.4) is 0 Å². The van der Waals surface area contributed by atoms with Crippen molar-refractivity contribution in [2.75, 3.05) is 6.54 Å². The van der Waals surface area contributed by atoms with Gasteiger partial charge in [0.25, 0.3) is 5.91 Å². The van der Waals surface area contributed by atoms with Crippen LogP contribution in [0.1, 0.15) is 42.1 Å². The number of hydrogen-bond acceptors (Lipinski definition) is 2. The highest BCUT2D eigenvalue weighted by atomic mass is 79.9. The largest absolute Gasteiger partial charge is 0.348 e. The molecule has 1 unspecified atom stereocenters. The van der Waals surface area contributed by atoms with Gasteiger partial charge >= 0.3 is 0 Å². The summed E-state index contributed by atoms with van der Waals surface area (Å²) in [5.74, 6) is -0.0535. The van der Waals surface area contributed by atoms with Crippen molar-refractivity contribution in [1.29, 1.82) is 0 Å². The Kier molecular flexibility index (Phi) is 9.06. The molecule has 1 aromatic rings. The van der Waals surface area contributed by atoms with E-state index >= 15 is 0 Å². The zero-order valence-corrected chi connectivity index (χ0v) is 13.8. The molecule has 1 amide bonds. The van der Waals surface area contributed by atoms with E-state index in [1.807, 2.05) is 25.1 Å². The van der Waals surface area contributed by atoms with E-state index in [2.05, 4.69) is 28.2 Å². The fourth-order valence-corrected chi connectivity index (χ4v) is 2.08. The van der Waals surface area contributed by atoms with Gasteiger partial charge in [-0.05, 0) is 31.0 Å². The number of hydrogen-bond donors (Lipinski definition) is 2. The highest BCUT2D eigenvalue weighted by molar-refractivity contribution is 9.10. The molecule has 0 saturated carbocycles. The summed E-state index contributed by atoms with van der Waals surface area (Å²) in [6.07, 6.45) is 3.13. The molecule has 0 bridgehead atoms. The maximum absolute atomic E-state index is 12.1. The number of benzene rings is 1. The Hall–Kier alpha value is -0.580. The Morgan fingerprint density at radius 2 is 2.16 bits per heavy atom. The first-order chi connectivity index (χ1) is 8.58. The molecule has 0 aliphatic rings. The Balaban J connectivity index is 0.00000324. The zero-order valence-electron chi connectivity index (χ0n) is 11.4. The van der Waals surface area contributed by atoms with E-state index in [1.54, 1.807) is 0 Å². The van der Waals surface area contributed by atoms with E-state index in [-0.39, 0.29) is 24.4 Å². The molecule has 3 nitrogen and oxygen atoms in total.